The van der Waals surface area contributed by atoms with E-state index in [2.05, 4.69) is 37.4 Å². The van der Waals surface area contributed by atoms with Crippen molar-refractivity contribution in [3.63, 3.8) is 0 Å². The number of benzene rings is 1. The minimum atomic E-state index is 0.107. The summed E-state index contributed by atoms with van der Waals surface area (Å²) in [6.07, 6.45) is 2.46. The Morgan fingerprint density at radius 1 is 1.44 bits per heavy atom. The number of hydrogen-bond acceptors (Lipinski definition) is 3. The summed E-state index contributed by atoms with van der Waals surface area (Å²) >= 11 is 1.83. The van der Waals surface area contributed by atoms with E-state index in [1.165, 1.54) is 33.6 Å². The third-order valence-electron chi connectivity index (χ3n) is 3.46. The van der Waals surface area contributed by atoms with E-state index in [0.29, 0.717) is 0 Å². The van der Waals surface area contributed by atoms with Crippen LogP contribution in [0.4, 0.5) is 0 Å². The summed E-state index contributed by atoms with van der Waals surface area (Å²) in [5, 5.41) is 4.82. The number of hydrogen-bond donors (Lipinski definition) is 1. The zero-order valence-electron chi connectivity index (χ0n) is 9.71. The predicted molar refractivity (Wildman–Crippen MR) is 68.9 cm³/mol. The van der Waals surface area contributed by atoms with Gasteiger partial charge in [0.2, 0.25) is 0 Å². The molecule has 84 valence electrons. The molecule has 0 bridgehead atoms. The molecule has 1 fully saturated rings. The maximum atomic E-state index is 4.82. The van der Waals surface area contributed by atoms with Crippen molar-refractivity contribution >= 4 is 21.6 Å². The Morgan fingerprint density at radius 3 is 3.00 bits per heavy atom. The first kappa shape index (κ1) is 10.2. The largest absolute Gasteiger partial charge is 0.306 e. The van der Waals surface area contributed by atoms with Gasteiger partial charge >= 0.3 is 0 Å². The molecular formula is C13H16N2S. The molecule has 1 unspecified atom stereocenters. The molecule has 1 aromatic carbocycles. The van der Waals surface area contributed by atoms with Gasteiger partial charge < -0.3 is 5.32 Å². The van der Waals surface area contributed by atoms with Gasteiger partial charge in [-0.2, -0.15) is 0 Å². The van der Waals surface area contributed by atoms with Crippen LogP contribution in [0, 0.1) is 6.92 Å². The van der Waals surface area contributed by atoms with Crippen LogP contribution in [-0.4, -0.2) is 11.5 Å². The van der Waals surface area contributed by atoms with E-state index in [1.807, 2.05) is 11.3 Å². The molecule has 1 aliphatic rings. The van der Waals surface area contributed by atoms with Crippen LogP contribution in [-0.2, 0) is 5.54 Å². The molecular weight excluding hydrogens is 216 g/mol. The molecule has 1 aromatic heterocycles. The smallest absolute Gasteiger partial charge is 0.114 e. The molecule has 1 N–H and O–H groups in total. The van der Waals surface area contributed by atoms with E-state index in [-0.39, 0.29) is 5.54 Å². The minimum absolute atomic E-state index is 0.107. The molecule has 2 nitrogen and oxygen atoms in total. The Morgan fingerprint density at radius 2 is 2.31 bits per heavy atom. The van der Waals surface area contributed by atoms with Gasteiger partial charge in [-0.15, -0.1) is 11.3 Å². The van der Waals surface area contributed by atoms with Crippen LogP contribution >= 0.6 is 11.3 Å². The lowest BCUT2D eigenvalue weighted by Gasteiger charge is -2.20. The standard InChI is InChI=1S/C13H16N2S/c1-9-5-3-6-10-11(9)15-12(16-10)13(2)7-4-8-14-13/h3,5-6,14H,4,7-8H2,1-2H3. The van der Waals surface area contributed by atoms with E-state index in [0.717, 1.165) is 6.54 Å². The first-order valence-electron chi connectivity index (χ1n) is 5.81. The Kier molecular flexibility index (Phi) is 2.26. The van der Waals surface area contributed by atoms with Crippen molar-refractivity contribution in [2.75, 3.05) is 6.54 Å². The molecule has 2 aromatic rings. The molecule has 2 heterocycles. The third-order valence-corrected chi connectivity index (χ3v) is 4.75. The maximum Gasteiger partial charge on any atom is 0.114 e. The normalized spacial score (nSPS) is 25.4. The van der Waals surface area contributed by atoms with E-state index < -0.39 is 0 Å². The number of nitrogens with zero attached hydrogens (tertiary/aromatic N) is 1. The summed E-state index contributed by atoms with van der Waals surface area (Å²) in [4.78, 5) is 4.82. The van der Waals surface area contributed by atoms with Gasteiger partial charge in [0, 0.05) is 0 Å². The van der Waals surface area contributed by atoms with E-state index in [4.69, 9.17) is 4.98 Å². The zero-order valence-corrected chi connectivity index (χ0v) is 10.5. The molecule has 1 atom stereocenters. The number of fused-ring (bicyclic) bond motifs is 1. The van der Waals surface area contributed by atoms with Crippen molar-refractivity contribution in [3.8, 4) is 0 Å². The Bertz CT molecular complexity index is 524. The highest BCUT2D eigenvalue weighted by molar-refractivity contribution is 7.18. The SMILES string of the molecule is Cc1cccc2sc(C3(C)CCCN3)nc12. The monoisotopic (exact) mass is 232 g/mol. The van der Waals surface area contributed by atoms with Crippen molar-refractivity contribution in [2.45, 2.75) is 32.2 Å². The zero-order chi connectivity index (χ0) is 11.2. The Hall–Kier alpha value is -0.930. The van der Waals surface area contributed by atoms with E-state index in [1.54, 1.807) is 0 Å². The molecule has 3 heteroatoms. The molecule has 0 aliphatic carbocycles. The number of thiazole rings is 1. The summed E-state index contributed by atoms with van der Waals surface area (Å²) in [5.41, 5.74) is 2.56. The van der Waals surface area contributed by atoms with Crippen LogP contribution in [0.25, 0.3) is 10.2 Å². The minimum Gasteiger partial charge on any atom is -0.306 e. The first-order valence-corrected chi connectivity index (χ1v) is 6.62. The van der Waals surface area contributed by atoms with Crippen LogP contribution in [0.3, 0.4) is 0 Å². The van der Waals surface area contributed by atoms with Crippen LogP contribution in [0.15, 0.2) is 18.2 Å². The molecule has 3 rings (SSSR count). The second-order valence-corrected chi connectivity index (χ2v) is 5.83. The van der Waals surface area contributed by atoms with Crippen molar-refractivity contribution in [1.82, 2.24) is 10.3 Å². The number of rotatable bonds is 1. The third kappa shape index (κ3) is 1.46. The van der Waals surface area contributed by atoms with Crippen molar-refractivity contribution < 1.29 is 0 Å². The fourth-order valence-electron chi connectivity index (χ4n) is 2.40. The molecule has 0 spiro atoms. The molecule has 16 heavy (non-hydrogen) atoms. The van der Waals surface area contributed by atoms with Crippen molar-refractivity contribution in [1.29, 1.82) is 0 Å². The molecule has 0 saturated carbocycles. The molecule has 1 aliphatic heterocycles. The van der Waals surface area contributed by atoms with Gasteiger partial charge in [-0.05, 0) is 44.9 Å². The summed E-state index contributed by atoms with van der Waals surface area (Å²) in [6.45, 7) is 5.52. The average molecular weight is 232 g/mol. The quantitative estimate of drug-likeness (QED) is 0.816. The Balaban J connectivity index is 2.15. The second kappa shape index (κ2) is 3.54. The summed E-state index contributed by atoms with van der Waals surface area (Å²) < 4.78 is 1.31. The lowest BCUT2D eigenvalue weighted by Crippen LogP contribution is -2.32. The average Bonchev–Trinajstić information content (AvgIpc) is 2.85. The molecule has 1 saturated heterocycles. The lowest BCUT2D eigenvalue weighted by atomic mass is 10.0. The highest BCUT2D eigenvalue weighted by Crippen LogP contribution is 2.36. The van der Waals surface area contributed by atoms with Crippen LogP contribution in [0.2, 0.25) is 0 Å². The maximum absolute atomic E-state index is 4.82. The highest BCUT2D eigenvalue weighted by atomic mass is 32.1. The number of nitrogens with one attached hydrogen (secondary N) is 1. The van der Waals surface area contributed by atoms with Gasteiger partial charge in [0.15, 0.2) is 0 Å². The van der Waals surface area contributed by atoms with E-state index in [9.17, 15) is 0 Å². The van der Waals surface area contributed by atoms with Crippen molar-refractivity contribution in [2.24, 2.45) is 0 Å². The number of aryl methyl sites for hydroxylation is 1. The van der Waals surface area contributed by atoms with Gasteiger partial charge in [-0.1, -0.05) is 12.1 Å². The van der Waals surface area contributed by atoms with Gasteiger partial charge in [0.25, 0.3) is 0 Å². The van der Waals surface area contributed by atoms with Crippen LogP contribution < -0.4 is 5.32 Å². The number of aromatic nitrogens is 1. The number of para-hydroxylation sites is 1. The van der Waals surface area contributed by atoms with E-state index >= 15 is 0 Å². The van der Waals surface area contributed by atoms with Gasteiger partial charge in [0.05, 0.1) is 15.8 Å². The van der Waals surface area contributed by atoms with Crippen LogP contribution in [0.5, 0.6) is 0 Å². The highest BCUT2D eigenvalue weighted by Gasteiger charge is 2.33. The Labute approximate surface area is 99.7 Å². The lowest BCUT2D eigenvalue weighted by molar-refractivity contribution is 0.433. The molecule has 0 radical (unpaired) electrons. The topological polar surface area (TPSA) is 24.9 Å². The second-order valence-electron chi connectivity index (χ2n) is 4.80. The fourth-order valence-corrected chi connectivity index (χ4v) is 3.59. The summed E-state index contributed by atoms with van der Waals surface area (Å²) in [6, 6.07) is 6.42. The van der Waals surface area contributed by atoms with Gasteiger partial charge in [-0.3, -0.25) is 0 Å². The van der Waals surface area contributed by atoms with Gasteiger partial charge in [-0.25, -0.2) is 4.98 Å². The molecule has 0 amide bonds. The van der Waals surface area contributed by atoms with Crippen LogP contribution in [0.1, 0.15) is 30.3 Å². The predicted octanol–water partition coefficient (Wildman–Crippen LogP) is 3.20. The summed E-state index contributed by atoms with van der Waals surface area (Å²) in [5.74, 6) is 0. The van der Waals surface area contributed by atoms with Crippen molar-refractivity contribution in [3.05, 3.63) is 28.8 Å². The fraction of sp³-hybridized carbons (Fsp3) is 0.462. The first-order chi connectivity index (χ1) is 7.69. The summed E-state index contributed by atoms with van der Waals surface area (Å²) in [7, 11) is 0. The van der Waals surface area contributed by atoms with Gasteiger partial charge in [0.1, 0.15) is 5.01 Å².